The van der Waals surface area contributed by atoms with Crippen molar-refractivity contribution >= 4 is 38.6 Å². The van der Waals surface area contributed by atoms with Gasteiger partial charge >= 0.3 is 5.97 Å². The Hall–Kier alpha value is -3.76. The number of esters is 1. The molecule has 9 nitrogen and oxygen atoms in total. The third-order valence-electron chi connectivity index (χ3n) is 7.60. The number of carbonyl (C=O) groups excluding carboxylic acids is 2. The first-order valence-corrected chi connectivity index (χ1v) is 14.5. The zero-order chi connectivity index (χ0) is 27.6. The molecule has 1 amide bonds. The molecule has 0 spiro atoms. The Kier molecular flexibility index (Phi) is 7.53. The second-order valence-electron chi connectivity index (χ2n) is 10.4. The van der Waals surface area contributed by atoms with Crippen LogP contribution in [0.25, 0.3) is 21.5 Å². The number of rotatable bonds is 9. The van der Waals surface area contributed by atoms with E-state index in [4.69, 9.17) is 14.2 Å². The van der Waals surface area contributed by atoms with Gasteiger partial charge in [-0.15, -0.1) is 0 Å². The highest BCUT2D eigenvalue weighted by molar-refractivity contribution is 7.22. The van der Waals surface area contributed by atoms with Crippen LogP contribution in [0.15, 0.2) is 47.0 Å². The molecule has 208 valence electrons. The van der Waals surface area contributed by atoms with Gasteiger partial charge in [0.1, 0.15) is 18.0 Å². The van der Waals surface area contributed by atoms with Gasteiger partial charge in [0.2, 0.25) is 0 Å². The van der Waals surface area contributed by atoms with Gasteiger partial charge in [-0.25, -0.2) is 4.98 Å². The number of aromatic nitrogens is 2. The number of thiazole rings is 1. The molecule has 4 aromatic rings. The average molecular weight is 561 g/mol. The monoisotopic (exact) mass is 560 g/mol. The number of hydrogen-bond donors (Lipinski definition) is 1. The molecule has 2 aliphatic rings. The maximum absolute atomic E-state index is 12.4. The van der Waals surface area contributed by atoms with Crippen LogP contribution in [0.4, 0.5) is 5.13 Å². The first-order valence-electron chi connectivity index (χ1n) is 13.7. The third-order valence-corrected chi connectivity index (χ3v) is 8.68. The first kappa shape index (κ1) is 26.5. The molecule has 0 unspecified atom stereocenters. The summed E-state index contributed by atoms with van der Waals surface area (Å²) in [6, 6.07) is 13.7. The van der Waals surface area contributed by atoms with Crippen molar-refractivity contribution in [1.29, 1.82) is 0 Å². The van der Waals surface area contributed by atoms with Gasteiger partial charge in [0.15, 0.2) is 5.13 Å². The lowest BCUT2D eigenvalue weighted by molar-refractivity contribution is -0.139. The molecule has 2 aromatic heterocycles. The van der Waals surface area contributed by atoms with Crippen LogP contribution in [0.3, 0.4) is 0 Å². The van der Waals surface area contributed by atoms with Crippen molar-refractivity contribution in [2.45, 2.75) is 51.2 Å². The Morgan fingerprint density at radius 3 is 2.67 bits per heavy atom. The summed E-state index contributed by atoms with van der Waals surface area (Å²) in [5.41, 5.74) is 5.63. The summed E-state index contributed by atoms with van der Waals surface area (Å²) < 4.78 is 17.8. The topological polar surface area (TPSA) is 107 Å². The molecule has 10 heteroatoms. The smallest absolute Gasteiger partial charge is 0.325 e. The minimum absolute atomic E-state index is 0.155. The number of benzene rings is 2. The molecule has 3 heterocycles. The Morgan fingerprint density at radius 1 is 1.12 bits per heavy atom. The molecular weight excluding hydrogens is 528 g/mol. The number of methoxy groups -OCH3 is 1. The molecule has 40 heavy (non-hydrogen) atoms. The first-order chi connectivity index (χ1) is 19.5. The van der Waals surface area contributed by atoms with E-state index in [1.54, 1.807) is 17.4 Å². The largest absolute Gasteiger partial charge is 0.468 e. The molecule has 2 fully saturated rings. The van der Waals surface area contributed by atoms with Crippen LogP contribution in [0.1, 0.15) is 58.8 Å². The van der Waals surface area contributed by atoms with Crippen molar-refractivity contribution in [3.8, 4) is 11.3 Å². The van der Waals surface area contributed by atoms with E-state index in [1.165, 1.54) is 12.7 Å². The summed E-state index contributed by atoms with van der Waals surface area (Å²) >= 11 is 1.57. The summed E-state index contributed by atoms with van der Waals surface area (Å²) in [6.45, 7) is 4.14. The molecule has 0 radical (unpaired) electrons. The minimum Gasteiger partial charge on any atom is -0.468 e. The number of piperidine rings is 1. The van der Waals surface area contributed by atoms with E-state index in [-0.39, 0.29) is 18.6 Å². The molecule has 6 rings (SSSR count). The molecule has 0 atom stereocenters. The van der Waals surface area contributed by atoms with E-state index in [2.05, 4.69) is 39.2 Å². The summed E-state index contributed by atoms with van der Waals surface area (Å²) in [4.78, 5) is 30.8. The molecule has 1 saturated carbocycles. The maximum atomic E-state index is 12.4. The van der Waals surface area contributed by atoms with Crippen molar-refractivity contribution in [2.75, 3.05) is 31.6 Å². The van der Waals surface area contributed by atoms with Gasteiger partial charge < -0.3 is 24.2 Å². The van der Waals surface area contributed by atoms with Crippen LogP contribution >= 0.6 is 11.3 Å². The second-order valence-corrected chi connectivity index (χ2v) is 11.4. The summed E-state index contributed by atoms with van der Waals surface area (Å²) in [5.74, 6) is 0.648. The lowest BCUT2D eigenvalue weighted by Gasteiger charge is -2.31. The molecule has 1 N–H and O–H groups in total. The molecule has 1 saturated heterocycles. The SMILES string of the molecule is COC(=O)CNC(=O)c1ccc2nc(N3CCC(OCc4c(-c5ccccc5C)noc4C4CC4)CC3)sc2c1. The third kappa shape index (κ3) is 5.59. The van der Waals surface area contributed by atoms with Gasteiger partial charge in [-0.1, -0.05) is 40.8 Å². The highest BCUT2D eigenvalue weighted by Crippen LogP contribution is 2.44. The van der Waals surface area contributed by atoms with Crippen molar-refractivity contribution in [3.05, 3.63) is 64.9 Å². The fourth-order valence-electron chi connectivity index (χ4n) is 5.11. The van der Waals surface area contributed by atoms with E-state index < -0.39 is 5.97 Å². The summed E-state index contributed by atoms with van der Waals surface area (Å²) in [5, 5.41) is 7.99. The van der Waals surface area contributed by atoms with Gasteiger partial charge in [0.05, 0.1) is 30.0 Å². The normalized spacial score (nSPS) is 15.9. The van der Waals surface area contributed by atoms with E-state index in [0.29, 0.717) is 18.1 Å². The van der Waals surface area contributed by atoms with Gasteiger partial charge in [-0.05, 0) is 56.4 Å². The Labute approximate surface area is 236 Å². The predicted molar refractivity (Wildman–Crippen MR) is 153 cm³/mol. The van der Waals surface area contributed by atoms with Crippen LogP contribution in [0.2, 0.25) is 0 Å². The molecular formula is C30H32N4O5S. The van der Waals surface area contributed by atoms with Gasteiger partial charge in [0, 0.05) is 35.7 Å². The van der Waals surface area contributed by atoms with Crippen molar-refractivity contribution < 1.29 is 23.6 Å². The van der Waals surface area contributed by atoms with Crippen molar-refractivity contribution in [3.63, 3.8) is 0 Å². The number of aryl methyl sites for hydroxylation is 1. The quantitative estimate of drug-likeness (QED) is 0.278. The number of carbonyl (C=O) groups is 2. The summed E-state index contributed by atoms with van der Waals surface area (Å²) in [7, 11) is 1.29. The predicted octanol–water partition coefficient (Wildman–Crippen LogP) is 5.23. The number of hydrogen-bond acceptors (Lipinski definition) is 9. The summed E-state index contributed by atoms with van der Waals surface area (Å²) in [6.07, 6.45) is 4.26. The molecule has 1 aliphatic heterocycles. The van der Waals surface area contributed by atoms with Crippen LogP contribution in [-0.2, 0) is 20.9 Å². The van der Waals surface area contributed by atoms with Crippen LogP contribution in [0.5, 0.6) is 0 Å². The van der Waals surface area contributed by atoms with E-state index >= 15 is 0 Å². The number of nitrogens with one attached hydrogen (secondary N) is 1. The number of amides is 1. The number of fused-ring (bicyclic) bond motifs is 1. The molecule has 0 bridgehead atoms. The number of ether oxygens (including phenoxy) is 2. The van der Waals surface area contributed by atoms with Crippen LogP contribution in [0, 0.1) is 6.92 Å². The second kappa shape index (κ2) is 11.4. The number of anilines is 1. The molecule has 2 aromatic carbocycles. The van der Waals surface area contributed by atoms with Crippen LogP contribution in [-0.4, -0.2) is 54.9 Å². The Bertz CT molecular complexity index is 1530. The minimum atomic E-state index is -0.488. The lowest BCUT2D eigenvalue weighted by Crippen LogP contribution is -2.36. The van der Waals surface area contributed by atoms with Crippen molar-refractivity contribution in [1.82, 2.24) is 15.5 Å². The van der Waals surface area contributed by atoms with Crippen LogP contribution < -0.4 is 10.2 Å². The van der Waals surface area contributed by atoms with E-state index in [0.717, 1.165) is 76.7 Å². The van der Waals surface area contributed by atoms with Crippen molar-refractivity contribution in [2.24, 2.45) is 0 Å². The van der Waals surface area contributed by atoms with Gasteiger partial charge in [-0.2, -0.15) is 0 Å². The Morgan fingerprint density at radius 2 is 1.93 bits per heavy atom. The zero-order valence-electron chi connectivity index (χ0n) is 22.6. The highest BCUT2D eigenvalue weighted by Gasteiger charge is 2.33. The fraction of sp³-hybridized carbons (Fsp3) is 0.400. The van der Waals surface area contributed by atoms with E-state index in [1.807, 2.05) is 24.3 Å². The fourth-order valence-corrected chi connectivity index (χ4v) is 6.17. The molecule has 1 aliphatic carbocycles. The van der Waals surface area contributed by atoms with E-state index in [9.17, 15) is 9.59 Å². The lowest BCUT2D eigenvalue weighted by atomic mass is 10.0. The van der Waals surface area contributed by atoms with Gasteiger partial charge in [-0.3, -0.25) is 9.59 Å². The zero-order valence-corrected chi connectivity index (χ0v) is 23.5. The average Bonchev–Trinajstić information content (AvgIpc) is 3.60. The highest BCUT2D eigenvalue weighted by atomic mass is 32.1. The number of nitrogens with zero attached hydrogens (tertiary/aromatic N) is 3. The van der Waals surface area contributed by atoms with Gasteiger partial charge in [0.25, 0.3) is 5.91 Å². The standard InChI is InChI=1S/C30H32N4O5S/c1-18-5-3-4-6-22(18)27-23(28(39-33-27)19-7-8-19)17-38-21-11-13-34(14-12-21)30-32-24-10-9-20(15-25(24)40-30)29(36)31-16-26(35)37-2/h3-6,9-10,15,19,21H,7-8,11-14,16-17H2,1-2H3,(H,31,36). The maximum Gasteiger partial charge on any atom is 0.325 e. The Balaban J connectivity index is 1.08.